The van der Waals surface area contributed by atoms with Gasteiger partial charge in [-0.3, -0.25) is 20.2 Å². The van der Waals surface area contributed by atoms with Crippen LogP contribution < -0.4 is 15.4 Å². The number of hydrogen-bond acceptors (Lipinski definition) is 6. The van der Waals surface area contributed by atoms with Gasteiger partial charge in [0.2, 0.25) is 5.95 Å². The number of thiazole rings is 1. The first-order valence-corrected chi connectivity index (χ1v) is 9.94. The standard InChI is InChI=1S/C20H14F3N5O3S/c1-28-14-8-4-3-7-12(14)24-18(28)26-17(30)13-10-32-19(25-13)27-16(29)11-6-2-5-9-15(11)31-20(21,22)23/h2-10H,1H3,(H,24,26,30)(H,25,27,29). The van der Waals surface area contributed by atoms with Crippen molar-refractivity contribution < 1.29 is 27.5 Å². The van der Waals surface area contributed by atoms with Crippen LogP contribution in [0.5, 0.6) is 5.75 Å². The highest BCUT2D eigenvalue weighted by Crippen LogP contribution is 2.27. The number of rotatable bonds is 5. The van der Waals surface area contributed by atoms with Crippen LogP contribution >= 0.6 is 11.3 Å². The number of nitrogens with one attached hydrogen (secondary N) is 2. The van der Waals surface area contributed by atoms with E-state index in [1.807, 2.05) is 24.3 Å². The number of fused-ring (bicyclic) bond motifs is 1. The molecule has 2 aromatic heterocycles. The fourth-order valence-electron chi connectivity index (χ4n) is 2.89. The summed E-state index contributed by atoms with van der Waals surface area (Å²) in [5.41, 5.74) is 1.22. The van der Waals surface area contributed by atoms with Crippen molar-refractivity contribution in [3.05, 3.63) is 65.2 Å². The lowest BCUT2D eigenvalue weighted by Crippen LogP contribution is -2.21. The van der Waals surface area contributed by atoms with Crippen molar-refractivity contribution in [1.29, 1.82) is 0 Å². The molecule has 0 atom stereocenters. The van der Waals surface area contributed by atoms with Crippen molar-refractivity contribution >= 4 is 45.3 Å². The third-order valence-electron chi connectivity index (χ3n) is 4.33. The Morgan fingerprint density at radius 3 is 2.47 bits per heavy atom. The molecule has 0 saturated heterocycles. The first-order chi connectivity index (χ1) is 15.2. The van der Waals surface area contributed by atoms with Gasteiger partial charge in [0.1, 0.15) is 11.4 Å². The Balaban J connectivity index is 1.48. The lowest BCUT2D eigenvalue weighted by atomic mass is 10.2. The molecular weight excluding hydrogens is 447 g/mol. The molecule has 0 bridgehead atoms. The van der Waals surface area contributed by atoms with Crippen molar-refractivity contribution in [3.63, 3.8) is 0 Å². The number of imidazole rings is 1. The number of alkyl halides is 3. The Kier molecular flexibility index (Phi) is 5.53. The lowest BCUT2D eigenvalue weighted by molar-refractivity contribution is -0.274. The van der Waals surface area contributed by atoms with Gasteiger partial charge in [0, 0.05) is 12.4 Å². The number of carbonyl (C=O) groups is 2. The predicted molar refractivity (Wildman–Crippen MR) is 112 cm³/mol. The van der Waals surface area contributed by atoms with Gasteiger partial charge in [0.25, 0.3) is 11.8 Å². The number of hydrogen-bond donors (Lipinski definition) is 2. The molecule has 2 heterocycles. The van der Waals surface area contributed by atoms with Crippen molar-refractivity contribution in [1.82, 2.24) is 14.5 Å². The summed E-state index contributed by atoms with van der Waals surface area (Å²) in [5, 5.41) is 6.47. The van der Waals surface area contributed by atoms with Gasteiger partial charge in [0.15, 0.2) is 5.13 Å². The number of benzene rings is 2. The van der Waals surface area contributed by atoms with E-state index < -0.39 is 23.9 Å². The molecule has 8 nitrogen and oxygen atoms in total. The van der Waals surface area contributed by atoms with E-state index >= 15 is 0 Å². The average Bonchev–Trinajstić information content (AvgIpc) is 3.32. The van der Waals surface area contributed by atoms with Crippen molar-refractivity contribution in [2.45, 2.75) is 6.36 Å². The van der Waals surface area contributed by atoms with Gasteiger partial charge in [-0.05, 0) is 24.3 Å². The number of aryl methyl sites for hydroxylation is 1. The number of carbonyl (C=O) groups excluding carboxylic acids is 2. The zero-order chi connectivity index (χ0) is 22.9. The van der Waals surface area contributed by atoms with E-state index in [1.54, 1.807) is 11.6 Å². The molecule has 0 spiro atoms. The number of anilines is 2. The third-order valence-corrected chi connectivity index (χ3v) is 5.08. The predicted octanol–water partition coefficient (Wildman–Crippen LogP) is 4.43. The SMILES string of the molecule is Cn1c(NC(=O)c2csc(NC(=O)c3ccccc3OC(F)(F)F)n2)nc2ccccc21. The normalized spacial score (nSPS) is 11.4. The van der Waals surface area contributed by atoms with Gasteiger partial charge >= 0.3 is 6.36 Å². The number of aromatic nitrogens is 3. The molecule has 32 heavy (non-hydrogen) atoms. The van der Waals surface area contributed by atoms with Crippen LogP contribution in [0.15, 0.2) is 53.9 Å². The molecule has 12 heteroatoms. The molecule has 0 saturated carbocycles. The first-order valence-electron chi connectivity index (χ1n) is 9.06. The maximum atomic E-state index is 12.6. The minimum Gasteiger partial charge on any atom is -0.405 e. The summed E-state index contributed by atoms with van der Waals surface area (Å²) in [5.74, 6) is -1.75. The van der Waals surface area contributed by atoms with E-state index in [-0.39, 0.29) is 16.4 Å². The second-order valence-electron chi connectivity index (χ2n) is 6.47. The zero-order valence-corrected chi connectivity index (χ0v) is 17.1. The molecular formula is C20H14F3N5O3S. The topological polar surface area (TPSA) is 98.1 Å². The lowest BCUT2D eigenvalue weighted by Gasteiger charge is -2.12. The molecule has 0 aliphatic heterocycles. The molecule has 2 N–H and O–H groups in total. The minimum absolute atomic E-state index is 0.0113. The molecule has 4 aromatic rings. The highest BCUT2D eigenvalue weighted by Gasteiger charge is 2.33. The summed E-state index contributed by atoms with van der Waals surface area (Å²) in [6.45, 7) is 0. The second-order valence-corrected chi connectivity index (χ2v) is 7.33. The largest absolute Gasteiger partial charge is 0.573 e. The number of halogens is 3. The van der Waals surface area contributed by atoms with Gasteiger partial charge in [-0.1, -0.05) is 24.3 Å². The van der Waals surface area contributed by atoms with Gasteiger partial charge in [-0.25, -0.2) is 9.97 Å². The maximum absolute atomic E-state index is 12.6. The fourth-order valence-corrected chi connectivity index (χ4v) is 3.58. The number of para-hydroxylation sites is 3. The monoisotopic (exact) mass is 461 g/mol. The smallest absolute Gasteiger partial charge is 0.405 e. The Morgan fingerprint density at radius 1 is 1.00 bits per heavy atom. The Hall–Kier alpha value is -3.93. The molecule has 0 fully saturated rings. The highest BCUT2D eigenvalue weighted by atomic mass is 32.1. The van der Waals surface area contributed by atoms with Crippen LogP contribution in [0.3, 0.4) is 0 Å². The van der Waals surface area contributed by atoms with E-state index in [1.165, 1.54) is 23.6 Å². The van der Waals surface area contributed by atoms with Crippen molar-refractivity contribution in [3.8, 4) is 5.75 Å². The molecule has 2 aromatic carbocycles. The summed E-state index contributed by atoms with van der Waals surface area (Å²) >= 11 is 0.946. The van der Waals surface area contributed by atoms with Crippen molar-refractivity contribution in [2.24, 2.45) is 7.05 Å². The summed E-state index contributed by atoms with van der Waals surface area (Å²) in [6.07, 6.45) is -4.95. The third kappa shape index (κ3) is 4.54. The molecule has 0 aliphatic carbocycles. The van der Waals surface area contributed by atoms with Gasteiger partial charge in [-0.2, -0.15) is 0 Å². The van der Waals surface area contributed by atoms with Crippen LogP contribution in [0.4, 0.5) is 24.3 Å². The summed E-state index contributed by atoms with van der Waals surface area (Å²) < 4.78 is 43.3. The number of nitrogens with zero attached hydrogens (tertiary/aromatic N) is 3. The number of amides is 2. The van der Waals surface area contributed by atoms with E-state index in [4.69, 9.17) is 0 Å². The molecule has 0 aliphatic rings. The summed E-state index contributed by atoms with van der Waals surface area (Å²) in [7, 11) is 1.75. The van der Waals surface area contributed by atoms with Crippen LogP contribution in [0.2, 0.25) is 0 Å². The van der Waals surface area contributed by atoms with Crippen LogP contribution in [-0.4, -0.2) is 32.7 Å². The molecule has 4 rings (SSSR count). The van der Waals surface area contributed by atoms with Gasteiger partial charge < -0.3 is 9.30 Å². The first kappa shape index (κ1) is 21.3. The van der Waals surface area contributed by atoms with Gasteiger partial charge in [0.05, 0.1) is 16.6 Å². The Labute approximate surface area is 182 Å². The Bertz CT molecular complexity index is 1320. The molecule has 0 unspecified atom stereocenters. The van der Waals surface area contributed by atoms with E-state index in [9.17, 15) is 22.8 Å². The molecule has 0 radical (unpaired) electrons. The van der Waals surface area contributed by atoms with E-state index in [0.717, 1.165) is 22.9 Å². The van der Waals surface area contributed by atoms with Gasteiger partial charge in [-0.15, -0.1) is 24.5 Å². The van der Waals surface area contributed by atoms with E-state index in [2.05, 4.69) is 25.3 Å². The Morgan fingerprint density at radius 2 is 1.72 bits per heavy atom. The zero-order valence-electron chi connectivity index (χ0n) is 16.3. The van der Waals surface area contributed by atoms with Crippen molar-refractivity contribution in [2.75, 3.05) is 10.6 Å². The quantitative estimate of drug-likeness (QED) is 0.458. The molecule has 2 amide bonds. The fraction of sp³-hybridized carbons (Fsp3) is 0.100. The highest BCUT2D eigenvalue weighted by molar-refractivity contribution is 7.14. The maximum Gasteiger partial charge on any atom is 0.573 e. The summed E-state index contributed by atoms with van der Waals surface area (Å²) in [6, 6.07) is 12.3. The van der Waals surface area contributed by atoms with Crippen LogP contribution in [0, 0.1) is 0 Å². The average molecular weight is 461 g/mol. The second kappa shape index (κ2) is 8.30. The minimum atomic E-state index is -4.95. The van der Waals surface area contributed by atoms with Crippen LogP contribution in [0.1, 0.15) is 20.8 Å². The molecule has 164 valence electrons. The number of ether oxygens (including phenoxy) is 1. The van der Waals surface area contributed by atoms with Crippen LogP contribution in [0.25, 0.3) is 11.0 Å². The van der Waals surface area contributed by atoms with E-state index in [0.29, 0.717) is 11.5 Å². The van der Waals surface area contributed by atoms with Crippen LogP contribution in [-0.2, 0) is 7.05 Å². The summed E-state index contributed by atoms with van der Waals surface area (Å²) in [4.78, 5) is 33.4.